The summed E-state index contributed by atoms with van der Waals surface area (Å²) in [5.41, 5.74) is 4.46. The third-order valence-electron chi connectivity index (χ3n) is 5.81. The SMILES string of the molecule is COC1CC(C(=O)O)N(C(=O)CCc2c(C)nc3c4ccccc4nn3c2C)C1. The monoisotopic (exact) mass is 396 g/mol. The van der Waals surface area contributed by atoms with Crippen LogP contribution in [-0.4, -0.2) is 62.3 Å². The summed E-state index contributed by atoms with van der Waals surface area (Å²) in [6.45, 7) is 4.22. The Labute approximate surface area is 168 Å². The number of amides is 1. The molecule has 0 bridgehead atoms. The molecule has 1 N–H and O–H groups in total. The van der Waals surface area contributed by atoms with Crippen LogP contribution in [0.4, 0.5) is 0 Å². The van der Waals surface area contributed by atoms with Crippen molar-refractivity contribution >= 4 is 28.4 Å². The van der Waals surface area contributed by atoms with Gasteiger partial charge in [0.05, 0.1) is 11.6 Å². The molecule has 29 heavy (non-hydrogen) atoms. The molecule has 2 atom stereocenters. The van der Waals surface area contributed by atoms with Crippen molar-refractivity contribution in [2.45, 2.75) is 45.3 Å². The van der Waals surface area contributed by atoms with E-state index in [4.69, 9.17) is 9.72 Å². The van der Waals surface area contributed by atoms with Gasteiger partial charge in [-0.15, -0.1) is 0 Å². The first-order valence-electron chi connectivity index (χ1n) is 9.69. The smallest absolute Gasteiger partial charge is 0.326 e. The Morgan fingerprint density at radius 1 is 1.28 bits per heavy atom. The van der Waals surface area contributed by atoms with Crippen molar-refractivity contribution in [3.05, 3.63) is 41.2 Å². The lowest BCUT2D eigenvalue weighted by molar-refractivity contribution is -0.148. The number of fused-ring (bicyclic) bond motifs is 3. The molecule has 3 aromatic rings. The molecule has 3 heterocycles. The largest absolute Gasteiger partial charge is 0.480 e. The fourth-order valence-electron chi connectivity index (χ4n) is 4.19. The maximum absolute atomic E-state index is 12.8. The zero-order valence-electron chi connectivity index (χ0n) is 16.8. The lowest BCUT2D eigenvalue weighted by Gasteiger charge is -2.21. The topological polar surface area (TPSA) is 97.0 Å². The molecule has 1 aliphatic rings. The highest BCUT2D eigenvalue weighted by Gasteiger charge is 2.39. The minimum atomic E-state index is -0.989. The molecule has 4 rings (SSSR count). The number of hydrogen-bond acceptors (Lipinski definition) is 5. The zero-order chi connectivity index (χ0) is 20.7. The Hall–Kier alpha value is -3.00. The Morgan fingerprint density at radius 2 is 2.03 bits per heavy atom. The predicted octanol–water partition coefficient (Wildman–Crippen LogP) is 2.13. The number of aromatic nitrogens is 3. The van der Waals surface area contributed by atoms with Gasteiger partial charge in [-0.3, -0.25) is 4.79 Å². The number of ether oxygens (including phenoxy) is 1. The van der Waals surface area contributed by atoms with E-state index >= 15 is 0 Å². The number of aryl methyl sites for hydroxylation is 2. The molecule has 2 aromatic heterocycles. The predicted molar refractivity (Wildman–Crippen MR) is 107 cm³/mol. The number of carbonyl (C=O) groups excluding carboxylic acids is 1. The van der Waals surface area contributed by atoms with E-state index in [1.54, 1.807) is 7.11 Å². The van der Waals surface area contributed by atoms with Crippen molar-refractivity contribution in [1.82, 2.24) is 19.5 Å². The molecule has 1 fully saturated rings. The highest BCUT2D eigenvalue weighted by molar-refractivity contribution is 5.92. The van der Waals surface area contributed by atoms with Crippen molar-refractivity contribution in [2.75, 3.05) is 13.7 Å². The molecule has 1 saturated heterocycles. The Morgan fingerprint density at radius 3 is 2.76 bits per heavy atom. The summed E-state index contributed by atoms with van der Waals surface area (Å²) >= 11 is 0. The van der Waals surface area contributed by atoms with Gasteiger partial charge in [0.1, 0.15) is 6.04 Å². The number of rotatable bonds is 5. The van der Waals surface area contributed by atoms with Crippen LogP contribution in [0.2, 0.25) is 0 Å². The van der Waals surface area contributed by atoms with E-state index in [0.717, 1.165) is 33.5 Å². The van der Waals surface area contributed by atoms with E-state index in [1.807, 2.05) is 42.6 Å². The Bertz CT molecular complexity index is 1110. The standard InChI is InChI=1S/C21H24N4O4/c1-12-15(8-9-19(26)24-11-14(29-3)10-18(24)21(27)28)13(2)25-20(22-12)16-6-4-5-7-17(16)23-25/h4-7,14,18H,8-11H2,1-3H3,(H,27,28). The normalized spacial score (nSPS) is 19.3. The molecule has 0 radical (unpaired) electrons. The highest BCUT2D eigenvalue weighted by atomic mass is 16.5. The minimum Gasteiger partial charge on any atom is -0.480 e. The lowest BCUT2D eigenvalue weighted by Crippen LogP contribution is -2.40. The van der Waals surface area contributed by atoms with Gasteiger partial charge in [0.15, 0.2) is 5.65 Å². The fraction of sp³-hybridized carbons (Fsp3) is 0.429. The van der Waals surface area contributed by atoms with E-state index in [0.29, 0.717) is 19.4 Å². The summed E-state index contributed by atoms with van der Waals surface area (Å²) < 4.78 is 7.10. The van der Waals surface area contributed by atoms with Crippen LogP contribution < -0.4 is 0 Å². The maximum Gasteiger partial charge on any atom is 0.326 e. The average Bonchev–Trinajstić information content (AvgIpc) is 3.30. The van der Waals surface area contributed by atoms with Crippen LogP contribution >= 0.6 is 0 Å². The van der Waals surface area contributed by atoms with Crippen LogP contribution in [-0.2, 0) is 20.7 Å². The Balaban J connectivity index is 1.59. The molecule has 8 nitrogen and oxygen atoms in total. The molecule has 2 unspecified atom stereocenters. The maximum atomic E-state index is 12.8. The van der Waals surface area contributed by atoms with Crippen molar-refractivity contribution in [2.24, 2.45) is 0 Å². The van der Waals surface area contributed by atoms with Crippen LogP contribution in [0, 0.1) is 13.8 Å². The number of aliphatic carboxylic acids is 1. The first-order valence-corrected chi connectivity index (χ1v) is 9.69. The number of benzene rings is 1. The van der Waals surface area contributed by atoms with E-state index in [-0.39, 0.29) is 18.4 Å². The number of likely N-dealkylation sites (tertiary alicyclic amines) is 1. The number of hydrogen-bond donors (Lipinski definition) is 1. The van der Waals surface area contributed by atoms with E-state index in [9.17, 15) is 14.7 Å². The second kappa shape index (κ2) is 7.44. The number of methoxy groups -OCH3 is 1. The third-order valence-corrected chi connectivity index (χ3v) is 5.81. The van der Waals surface area contributed by atoms with Gasteiger partial charge in [0.25, 0.3) is 0 Å². The number of carboxylic acid groups (broad SMARTS) is 1. The third kappa shape index (κ3) is 3.33. The van der Waals surface area contributed by atoms with Gasteiger partial charge in [0.2, 0.25) is 5.91 Å². The van der Waals surface area contributed by atoms with Crippen LogP contribution in [0.25, 0.3) is 16.6 Å². The summed E-state index contributed by atoms with van der Waals surface area (Å²) in [7, 11) is 1.54. The summed E-state index contributed by atoms with van der Waals surface area (Å²) in [4.78, 5) is 30.5. The van der Waals surface area contributed by atoms with Gasteiger partial charge in [-0.2, -0.15) is 5.10 Å². The van der Waals surface area contributed by atoms with Gasteiger partial charge in [-0.1, -0.05) is 12.1 Å². The molecule has 152 valence electrons. The molecule has 8 heteroatoms. The zero-order valence-corrected chi connectivity index (χ0v) is 16.8. The number of carboxylic acids is 1. The summed E-state index contributed by atoms with van der Waals surface area (Å²) in [5.74, 6) is -1.17. The summed E-state index contributed by atoms with van der Waals surface area (Å²) in [6.07, 6.45) is 0.785. The van der Waals surface area contributed by atoms with Gasteiger partial charge in [0, 0.05) is 43.3 Å². The van der Waals surface area contributed by atoms with Crippen LogP contribution in [0.3, 0.4) is 0 Å². The van der Waals surface area contributed by atoms with Gasteiger partial charge in [-0.25, -0.2) is 14.3 Å². The Kier molecular flexibility index (Phi) is 4.96. The minimum absolute atomic E-state index is 0.179. The van der Waals surface area contributed by atoms with Crippen LogP contribution in [0.5, 0.6) is 0 Å². The van der Waals surface area contributed by atoms with Crippen molar-refractivity contribution in [3.8, 4) is 0 Å². The second-order valence-corrected chi connectivity index (χ2v) is 7.51. The number of carbonyl (C=O) groups is 2. The lowest BCUT2D eigenvalue weighted by atomic mass is 10.1. The quantitative estimate of drug-likeness (QED) is 0.710. The van der Waals surface area contributed by atoms with Crippen molar-refractivity contribution in [3.63, 3.8) is 0 Å². The second-order valence-electron chi connectivity index (χ2n) is 7.51. The first-order chi connectivity index (χ1) is 13.9. The summed E-state index contributed by atoms with van der Waals surface area (Å²) in [6, 6.07) is 7.03. The number of nitrogens with zero attached hydrogens (tertiary/aromatic N) is 4. The molecule has 0 aliphatic carbocycles. The van der Waals surface area contributed by atoms with E-state index in [1.165, 1.54) is 4.90 Å². The molecule has 1 aromatic carbocycles. The fourth-order valence-corrected chi connectivity index (χ4v) is 4.19. The average molecular weight is 396 g/mol. The van der Waals surface area contributed by atoms with E-state index < -0.39 is 12.0 Å². The van der Waals surface area contributed by atoms with Crippen LogP contribution in [0.1, 0.15) is 29.8 Å². The van der Waals surface area contributed by atoms with Crippen LogP contribution in [0.15, 0.2) is 24.3 Å². The first kappa shape index (κ1) is 19.3. The van der Waals surface area contributed by atoms with Crippen molar-refractivity contribution in [1.29, 1.82) is 0 Å². The molecular weight excluding hydrogens is 372 g/mol. The molecule has 0 saturated carbocycles. The van der Waals surface area contributed by atoms with Gasteiger partial charge >= 0.3 is 5.97 Å². The van der Waals surface area contributed by atoms with Gasteiger partial charge < -0.3 is 14.7 Å². The summed E-state index contributed by atoms with van der Waals surface area (Å²) in [5, 5.41) is 15.1. The molecule has 1 aliphatic heterocycles. The van der Waals surface area contributed by atoms with Gasteiger partial charge in [-0.05, 0) is 38.0 Å². The highest BCUT2D eigenvalue weighted by Crippen LogP contribution is 2.25. The molecular formula is C21H24N4O4. The van der Waals surface area contributed by atoms with Crippen molar-refractivity contribution < 1.29 is 19.4 Å². The van der Waals surface area contributed by atoms with E-state index in [2.05, 4.69) is 5.10 Å². The molecule has 1 amide bonds. The molecule has 0 spiro atoms.